The van der Waals surface area contributed by atoms with Crippen LogP contribution in [0, 0.1) is 5.92 Å². The molecule has 4 rings (SSSR count). The number of carboxylic acid groups (broad SMARTS) is 1. The van der Waals surface area contributed by atoms with Crippen molar-refractivity contribution in [1.82, 2.24) is 14.2 Å². The molecule has 0 amide bonds. The third kappa shape index (κ3) is 3.76. The molecule has 12 heteroatoms. The van der Waals surface area contributed by atoms with Gasteiger partial charge in [-0.05, 0) is 18.4 Å². The smallest absolute Gasteiger partial charge is 0.325 e. The Balaban J connectivity index is 1.50. The lowest BCUT2D eigenvalue weighted by molar-refractivity contribution is -0.140. The lowest BCUT2D eigenvalue weighted by Gasteiger charge is -2.39. The molecule has 2 fully saturated rings. The molecule has 1 aromatic heterocycles. The lowest BCUT2D eigenvalue weighted by atomic mass is 10.1. The van der Waals surface area contributed by atoms with Crippen molar-refractivity contribution in [2.24, 2.45) is 5.92 Å². The van der Waals surface area contributed by atoms with Gasteiger partial charge >= 0.3 is 5.97 Å². The van der Waals surface area contributed by atoms with Crippen molar-refractivity contribution < 1.29 is 31.6 Å². The minimum Gasteiger partial charge on any atom is -0.480 e. The van der Waals surface area contributed by atoms with E-state index in [-0.39, 0.29) is 25.5 Å². The Bertz CT molecular complexity index is 1100. The molecule has 32 heavy (non-hydrogen) atoms. The summed E-state index contributed by atoms with van der Waals surface area (Å²) in [5, 5.41) is 13.6. The molecule has 1 aliphatic carbocycles. The number of piperazine rings is 1. The van der Waals surface area contributed by atoms with Crippen molar-refractivity contribution in [3.05, 3.63) is 47.7 Å². The van der Waals surface area contributed by atoms with Crippen LogP contribution in [0.1, 0.15) is 37.5 Å². The fourth-order valence-electron chi connectivity index (χ4n) is 4.58. The monoisotopic (exact) mass is 470 g/mol. The van der Waals surface area contributed by atoms with Gasteiger partial charge in [-0.15, -0.1) is 0 Å². The van der Waals surface area contributed by atoms with Gasteiger partial charge in [-0.3, -0.25) is 4.79 Å². The molecule has 9 nitrogen and oxygen atoms in total. The Hall–Kier alpha value is -2.57. The number of carbonyl (C=O) groups is 1. The second kappa shape index (κ2) is 8.09. The van der Waals surface area contributed by atoms with Crippen molar-refractivity contribution in [1.29, 1.82) is 0 Å². The Kier molecular flexibility index (Phi) is 5.72. The number of rotatable bonds is 7. The summed E-state index contributed by atoms with van der Waals surface area (Å²) in [6.07, 6.45) is -2.79. The number of alkyl halides is 2. The van der Waals surface area contributed by atoms with Crippen molar-refractivity contribution in [3.8, 4) is 0 Å². The van der Waals surface area contributed by atoms with Crippen molar-refractivity contribution in [2.45, 2.75) is 37.8 Å². The summed E-state index contributed by atoms with van der Waals surface area (Å²) < 4.78 is 60.1. The highest BCUT2D eigenvalue weighted by Gasteiger charge is 2.70. The van der Waals surface area contributed by atoms with E-state index in [4.69, 9.17) is 0 Å². The number of nitrogens with zero attached hydrogens (tertiary/aromatic N) is 3. The van der Waals surface area contributed by atoms with Crippen LogP contribution in [-0.4, -0.2) is 60.2 Å². The molecule has 1 saturated carbocycles. The highest BCUT2D eigenvalue weighted by atomic mass is 32.2. The first kappa shape index (κ1) is 22.6. The van der Waals surface area contributed by atoms with Crippen LogP contribution in [0.4, 0.5) is 14.6 Å². The van der Waals surface area contributed by atoms with Gasteiger partial charge in [0.1, 0.15) is 5.54 Å². The highest BCUT2D eigenvalue weighted by Crippen LogP contribution is 2.58. The summed E-state index contributed by atoms with van der Waals surface area (Å²) >= 11 is 0. The van der Waals surface area contributed by atoms with Crippen LogP contribution in [-0.2, 0) is 15.0 Å². The topological polar surface area (TPSA) is 116 Å². The molecule has 174 valence electrons. The lowest BCUT2D eigenvalue weighted by Crippen LogP contribution is -2.59. The van der Waals surface area contributed by atoms with Gasteiger partial charge in [0.2, 0.25) is 5.76 Å². The molecule has 2 N–H and O–H groups in total. The average molecular weight is 470 g/mol. The Labute approximate surface area is 184 Å². The van der Waals surface area contributed by atoms with Crippen molar-refractivity contribution >= 4 is 22.0 Å². The molecule has 0 unspecified atom stereocenters. The number of carboxylic acids is 1. The van der Waals surface area contributed by atoms with E-state index in [9.17, 15) is 27.1 Å². The first-order valence-electron chi connectivity index (χ1n) is 10.2. The maximum absolute atomic E-state index is 13.1. The van der Waals surface area contributed by atoms with E-state index in [2.05, 4.69) is 14.4 Å². The van der Waals surface area contributed by atoms with Gasteiger partial charge in [0, 0.05) is 37.7 Å². The summed E-state index contributed by atoms with van der Waals surface area (Å²) in [7, 11) is -4.13. The number of hydrogen-bond donors (Lipinski definition) is 2. The molecule has 0 spiro atoms. The van der Waals surface area contributed by atoms with E-state index in [1.807, 2.05) is 6.07 Å². The molecule has 0 bridgehead atoms. The molecular weight excluding hydrogens is 446 g/mol. The number of benzene rings is 1. The Morgan fingerprint density at radius 3 is 2.53 bits per heavy atom. The van der Waals surface area contributed by atoms with Crippen LogP contribution in [0.15, 0.2) is 40.9 Å². The average Bonchev–Trinajstić information content (AvgIpc) is 3.10. The Morgan fingerprint density at radius 2 is 1.97 bits per heavy atom. The van der Waals surface area contributed by atoms with Crippen LogP contribution in [0.2, 0.25) is 0 Å². The standard InChI is InChI=1S/C20H24F2N4O5S/c1-12-11-25(8-9-26(12)16-10-15(18(21)22)31-23-16)32(29,30)24-20(19(27)28)13(2)17(20)14-6-4-3-5-7-14/h3-7,10,12-13,17-18,24H,8-9,11H2,1-2H3,(H,27,28)/t12-,13-,17-,20+/m1/s1. The molecule has 4 atom stereocenters. The maximum Gasteiger partial charge on any atom is 0.325 e. The normalized spacial score (nSPS) is 28.8. The van der Waals surface area contributed by atoms with Gasteiger partial charge in [-0.25, -0.2) is 8.78 Å². The van der Waals surface area contributed by atoms with E-state index < -0.39 is 51.8 Å². The van der Waals surface area contributed by atoms with E-state index in [1.54, 1.807) is 43.0 Å². The van der Waals surface area contributed by atoms with Crippen LogP contribution in [0.5, 0.6) is 0 Å². The van der Waals surface area contributed by atoms with E-state index >= 15 is 0 Å². The minimum absolute atomic E-state index is 0.0340. The predicted octanol–water partition coefficient (Wildman–Crippen LogP) is 2.21. The largest absolute Gasteiger partial charge is 0.480 e. The molecule has 2 aromatic rings. The molecule has 1 aromatic carbocycles. The SMILES string of the molecule is C[C@@H]1CN(S(=O)(=O)N[C@@]2(C(=O)O)[C@H](C)[C@@H]2c2ccccc2)CCN1c1cc(C(F)F)on1. The maximum atomic E-state index is 13.1. The number of nitrogens with one attached hydrogen (secondary N) is 1. The van der Waals surface area contributed by atoms with Crippen LogP contribution in [0.3, 0.4) is 0 Å². The fourth-order valence-corrected chi connectivity index (χ4v) is 6.27. The highest BCUT2D eigenvalue weighted by molar-refractivity contribution is 7.87. The zero-order valence-electron chi connectivity index (χ0n) is 17.5. The van der Waals surface area contributed by atoms with E-state index in [1.165, 1.54) is 4.31 Å². The zero-order valence-corrected chi connectivity index (χ0v) is 18.3. The molecule has 1 aliphatic heterocycles. The van der Waals surface area contributed by atoms with Gasteiger partial charge in [0.25, 0.3) is 16.6 Å². The van der Waals surface area contributed by atoms with Gasteiger partial charge < -0.3 is 14.5 Å². The van der Waals surface area contributed by atoms with E-state index in [0.717, 1.165) is 11.6 Å². The number of anilines is 1. The molecule has 2 heterocycles. The summed E-state index contributed by atoms with van der Waals surface area (Å²) in [6, 6.07) is 9.69. The predicted molar refractivity (Wildman–Crippen MR) is 111 cm³/mol. The number of hydrogen-bond acceptors (Lipinski definition) is 6. The van der Waals surface area contributed by atoms with Crippen LogP contribution >= 0.6 is 0 Å². The molecule has 1 saturated heterocycles. The van der Waals surface area contributed by atoms with Crippen molar-refractivity contribution in [2.75, 3.05) is 24.5 Å². The second-order valence-electron chi connectivity index (χ2n) is 8.25. The summed E-state index contributed by atoms with van der Waals surface area (Å²) in [5.74, 6) is -2.49. The quantitative estimate of drug-likeness (QED) is 0.637. The van der Waals surface area contributed by atoms with Crippen LogP contribution < -0.4 is 9.62 Å². The van der Waals surface area contributed by atoms with Gasteiger partial charge in [-0.1, -0.05) is 42.4 Å². The van der Waals surface area contributed by atoms with Crippen LogP contribution in [0.25, 0.3) is 0 Å². The number of aliphatic carboxylic acids is 1. The number of aromatic nitrogens is 1. The summed E-state index contributed by atoms with van der Waals surface area (Å²) in [6.45, 7) is 3.70. The first-order chi connectivity index (χ1) is 15.1. The van der Waals surface area contributed by atoms with Gasteiger partial charge in [0.05, 0.1) is 0 Å². The number of halogens is 2. The minimum atomic E-state index is -4.13. The fraction of sp³-hybridized carbons (Fsp3) is 0.500. The zero-order chi connectivity index (χ0) is 23.3. The Morgan fingerprint density at radius 1 is 1.28 bits per heavy atom. The summed E-state index contributed by atoms with van der Waals surface area (Å²) in [5.41, 5.74) is -0.872. The van der Waals surface area contributed by atoms with E-state index in [0.29, 0.717) is 0 Å². The molecule has 2 aliphatic rings. The summed E-state index contributed by atoms with van der Waals surface area (Å²) in [4.78, 5) is 13.8. The molecular formula is C20H24F2N4O5S. The second-order valence-corrected chi connectivity index (χ2v) is 9.92. The third-order valence-electron chi connectivity index (χ3n) is 6.37. The third-order valence-corrected chi connectivity index (χ3v) is 7.97. The van der Waals surface area contributed by atoms with Crippen molar-refractivity contribution in [3.63, 3.8) is 0 Å². The van der Waals surface area contributed by atoms with Gasteiger partial charge in [0.15, 0.2) is 5.82 Å². The van der Waals surface area contributed by atoms with Gasteiger partial charge in [-0.2, -0.15) is 17.4 Å². The molecule has 0 radical (unpaired) electrons. The first-order valence-corrected chi connectivity index (χ1v) is 11.6.